The first-order valence-corrected chi connectivity index (χ1v) is 13.8. The van der Waals surface area contributed by atoms with Crippen LogP contribution in [-0.2, 0) is 9.53 Å². The van der Waals surface area contributed by atoms with Crippen LogP contribution in [0.15, 0.2) is 60.7 Å². The summed E-state index contributed by atoms with van der Waals surface area (Å²) in [5.41, 5.74) is -0.758. The summed E-state index contributed by atoms with van der Waals surface area (Å²) >= 11 is 0. The average molecular weight is 484 g/mol. The minimum atomic E-state index is -3.23. The maximum absolute atomic E-state index is 12.9. The molecule has 2 aromatic carbocycles. The van der Waals surface area contributed by atoms with Crippen molar-refractivity contribution in [1.82, 2.24) is 4.90 Å². The van der Waals surface area contributed by atoms with Gasteiger partial charge in [0.2, 0.25) is 0 Å². The molecule has 3 rings (SSSR count). The van der Waals surface area contributed by atoms with E-state index in [9.17, 15) is 19.5 Å². The Kier molecular flexibility index (Phi) is 7.41. The summed E-state index contributed by atoms with van der Waals surface area (Å²) in [6, 6.07) is 19.0. The van der Waals surface area contributed by atoms with E-state index in [1.165, 1.54) is 0 Å². The van der Waals surface area contributed by atoms with Gasteiger partial charge in [0.1, 0.15) is 11.7 Å². The molecule has 0 radical (unpaired) electrons. The van der Waals surface area contributed by atoms with Crippen LogP contribution in [0.1, 0.15) is 54.4 Å². The van der Waals surface area contributed by atoms with Crippen molar-refractivity contribution in [3.63, 3.8) is 0 Å². The fourth-order valence-corrected chi connectivity index (χ4v) is 8.65. The Hall–Kier alpha value is -2.48. The summed E-state index contributed by atoms with van der Waals surface area (Å²) in [5.74, 6) is -1.05. The van der Waals surface area contributed by atoms with E-state index in [0.717, 1.165) is 15.3 Å². The lowest BCUT2D eigenvalue weighted by molar-refractivity contribution is -0.134. The molecule has 0 aromatic heterocycles. The van der Waals surface area contributed by atoms with Gasteiger partial charge in [-0.1, -0.05) is 81.4 Å². The number of benzene rings is 2. The van der Waals surface area contributed by atoms with Gasteiger partial charge in [-0.05, 0) is 49.0 Å². The number of hydrogen-bond acceptors (Lipinski definition) is 5. The Morgan fingerprint density at radius 2 is 1.44 bits per heavy atom. The molecule has 0 bridgehead atoms. The number of amides is 2. The van der Waals surface area contributed by atoms with Crippen molar-refractivity contribution in [2.75, 3.05) is 0 Å². The SMILES string of the molecule is C[C@@H]1[C@H](O)C(=O)N(C(=O)OC(C)(C)C)[C@H]1CCC(C)(C)[Si](O)(c1ccccc1)c1ccccc1. The van der Waals surface area contributed by atoms with E-state index in [0.29, 0.717) is 12.8 Å². The molecule has 1 heterocycles. The van der Waals surface area contributed by atoms with E-state index in [2.05, 4.69) is 13.8 Å². The van der Waals surface area contributed by atoms with Gasteiger partial charge in [0, 0.05) is 12.0 Å². The summed E-state index contributed by atoms with van der Waals surface area (Å²) < 4.78 is 5.47. The quantitative estimate of drug-likeness (QED) is 0.615. The Morgan fingerprint density at radius 3 is 1.88 bits per heavy atom. The van der Waals surface area contributed by atoms with Gasteiger partial charge in [-0.3, -0.25) is 4.79 Å². The molecule has 184 valence electrons. The Morgan fingerprint density at radius 1 is 0.971 bits per heavy atom. The molecular formula is C27H37NO5Si. The summed E-state index contributed by atoms with van der Waals surface area (Å²) in [5, 5.41) is 11.7. The van der Waals surface area contributed by atoms with E-state index in [1.807, 2.05) is 60.7 Å². The molecule has 1 aliphatic heterocycles. The predicted molar refractivity (Wildman–Crippen MR) is 135 cm³/mol. The van der Waals surface area contributed by atoms with Gasteiger partial charge in [0.05, 0.1) is 0 Å². The molecule has 0 spiro atoms. The van der Waals surface area contributed by atoms with Gasteiger partial charge >= 0.3 is 6.09 Å². The third-order valence-corrected chi connectivity index (χ3v) is 11.5. The maximum Gasteiger partial charge on any atom is 0.417 e. The van der Waals surface area contributed by atoms with Crippen molar-refractivity contribution < 1.29 is 24.2 Å². The van der Waals surface area contributed by atoms with Crippen LogP contribution < -0.4 is 10.4 Å². The standard InChI is InChI=1S/C27H37NO5Si/c1-19-22(28(24(30)23(19)29)25(31)33-26(2,3)4)17-18-27(5,6)34(32,20-13-9-7-10-14-20)21-15-11-8-12-16-21/h7-16,19,22-23,29,32H,17-18H2,1-6H3/t19-,22-,23-/m0/s1. The van der Waals surface area contributed by atoms with E-state index >= 15 is 0 Å². The van der Waals surface area contributed by atoms with Crippen molar-refractivity contribution in [1.29, 1.82) is 0 Å². The second-order valence-electron chi connectivity index (χ2n) is 10.9. The van der Waals surface area contributed by atoms with Crippen molar-refractivity contribution in [3.8, 4) is 0 Å². The number of likely N-dealkylation sites (tertiary alicyclic amines) is 1. The Bertz CT molecular complexity index is 963. The van der Waals surface area contributed by atoms with Crippen LogP contribution in [0.25, 0.3) is 0 Å². The number of carbonyl (C=O) groups is 2. The van der Waals surface area contributed by atoms with Crippen molar-refractivity contribution in [2.24, 2.45) is 5.92 Å². The molecule has 0 unspecified atom stereocenters. The third kappa shape index (κ3) is 4.97. The molecular weight excluding hydrogens is 446 g/mol. The van der Waals surface area contributed by atoms with Gasteiger partial charge in [0.25, 0.3) is 14.2 Å². The lowest BCUT2D eigenvalue weighted by atomic mass is 9.93. The first-order chi connectivity index (χ1) is 15.8. The zero-order valence-corrected chi connectivity index (χ0v) is 22.0. The van der Waals surface area contributed by atoms with Crippen molar-refractivity contribution in [2.45, 2.75) is 77.2 Å². The number of ether oxygens (including phenoxy) is 1. The molecule has 1 fully saturated rings. The predicted octanol–water partition coefficient (Wildman–Crippen LogP) is 3.44. The first kappa shape index (κ1) is 26.1. The maximum atomic E-state index is 12.9. The zero-order valence-electron chi connectivity index (χ0n) is 21.0. The highest BCUT2D eigenvalue weighted by Gasteiger charge is 2.53. The van der Waals surface area contributed by atoms with Gasteiger partial charge in [-0.25, -0.2) is 9.69 Å². The second-order valence-corrected chi connectivity index (χ2v) is 14.9. The number of hydrogen-bond donors (Lipinski definition) is 2. The number of nitrogens with zero attached hydrogens (tertiary/aromatic N) is 1. The largest absolute Gasteiger partial charge is 0.443 e. The number of carbonyl (C=O) groups excluding carboxylic acids is 2. The molecule has 0 saturated carbocycles. The molecule has 1 saturated heterocycles. The van der Waals surface area contributed by atoms with Gasteiger partial charge < -0.3 is 14.6 Å². The fraction of sp³-hybridized carbons (Fsp3) is 0.481. The van der Waals surface area contributed by atoms with Crippen LogP contribution in [0.5, 0.6) is 0 Å². The van der Waals surface area contributed by atoms with E-state index in [4.69, 9.17) is 4.74 Å². The molecule has 6 nitrogen and oxygen atoms in total. The number of rotatable bonds is 6. The summed E-state index contributed by atoms with van der Waals surface area (Å²) in [4.78, 5) is 39.1. The lowest BCUT2D eigenvalue weighted by Gasteiger charge is -2.42. The summed E-state index contributed by atoms with van der Waals surface area (Å²) in [6.07, 6.45) is -0.985. The van der Waals surface area contributed by atoms with E-state index in [-0.39, 0.29) is 0 Å². The van der Waals surface area contributed by atoms with Crippen LogP contribution in [0.4, 0.5) is 4.79 Å². The molecule has 3 atom stereocenters. The number of imide groups is 1. The second kappa shape index (κ2) is 9.64. The van der Waals surface area contributed by atoms with Gasteiger partial charge in [0.15, 0.2) is 0 Å². The van der Waals surface area contributed by atoms with Crippen LogP contribution >= 0.6 is 0 Å². The van der Waals surface area contributed by atoms with E-state index in [1.54, 1.807) is 27.7 Å². The van der Waals surface area contributed by atoms with Gasteiger partial charge in [-0.2, -0.15) is 0 Å². The number of aliphatic hydroxyl groups is 1. The summed E-state index contributed by atoms with van der Waals surface area (Å²) in [7, 11) is -3.23. The first-order valence-electron chi connectivity index (χ1n) is 11.9. The van der Waals surface area contributed by atoms with Crippen LogP contribution in [0.3, 0.4) is 0 Å². The smallest absolute Gasteiger partial charge is 0.417 e. The molecule has 1 aliphatic rings. The monoisotopic (exact) mass is 483 g/mol. The van der Waals surface area contributed by atoms with Crippen molar-refractivity contribution >= 4 is 30.7 Å². The lowest BCUT2D eigenvalue weighted by Crippen LogP contribution is -2.65. The highest BCUT2D eigenvalue weighted by molar-refractivity contribution is 6.98. The third-order valence-electron chi connectivity index (χ3n) is 6.94. The van der Waals surface area contributed by atoms with Crippen LogP contribution in [0, 0.1) is 5.92 Å². The van der Waals surface area contributed by atoms with Crippen molar-refractivity contribution in [3.05, 3.63) is 60.7 Å². The average Bonchev–Trinajstić information content (AvgIpc) is 3.00. The molecule has 0 aliphatic carbocycles. The molecule has 2 N–H and O–H groups in total. The summed E-state index contributed by atoms with van der Waals surface area (Å²) in [6.45, 7) is 11.1. The molecule has 2 amide bonds. The minimum Gasteiger partial charge on any atom is -0.443 e. The van der Waals surface area contributed by atoms with Crippen LogP contribution in [-0.4, -0.2) is 52.9 Å². The zero-order chi connectivity index (χ0) is 25.3. The van der Waals surface area contributed by atoms with Gasteiger partial charge in [-0.15, -0.1) is 0 Å². The van der Waals surface area contributed by atoms with E-state index < -0.39 is 49.0 Å². The van der Waals surface area contributed by atoms with Crippen LogP contribution in [0.2, 0.25) is 5.04 Å². The topological polar surface area (TPSA) is 87.1 Å². The highest BCUT2D eigenvalue weighted by Crippen LogP contribution is 2.42. The normalized spacial score (nSPS) is 21.6. The Labute approximate surface area is 203 Å². The molecule has 34 heavy (non-hydrogen) atoms. The Balaban J connectivity index is 1.93. The minimum absolute atomic E-state index is 0.431. The highest BCUT2D eigenvalue weighted by atomic mass is 28.4. The molecule has 7 heteroatoms. The fourth-order valence-electron chi connectivity index (χ4n) is 4.90. The number of aliphatic hydroxyl groups excluding tert-OH is 1. The molecule has 2 aromatic rings.